The molecule has 0 aliphatic heterocycles. The van der Waals surface area contributed by atoms with E-state index in [1.807, 2.05) is 61.1 Å². The van der Waals surface area contributed by atoms with E-state index in [0.29, 0.717) is 16.7 Å². The first-order valence-electron chi connectivity index (χ1n) is 10.8. The predicted molar refractivity (Wildman–Crippen MR) is 110 cm³/mol. The summed E-state index contributed by atoms with van der Waals surface area (Å²) in [5, 5.41) is 1.55. The zero-order valence-electron chi connectivity index (χ0n) is 19.8. The van der Waals surface area contributed by atoms with Crippen molar-refractivity contribution in [2.45, 2.75) is 33.5 Å². The lowest BCUT2D eigenvalue weighted by Crippen LogP contribution is -2.30. The average molecular weight is 359 g/mol. The second kappa shape index (κ2) is 6.25. The normalized spacial score (nSPS) is 16.3. The Labute approximate surface area is 165 Å². The van der Waals surface area contributed by atoms with E-state index >= 15 is 0 Å². The highest BCUT2D eigenvalue weighted by Gasteiger charge is 2.24. The largest absolute Gasteiger partial charge is 0.456 e. The highest BCUT2D eigenvalue weighted by molar-refractivity contribution is 6.12. The molecule has 1 unspecified atom stereocenters. The van der Waals surface area contributed by atoms with Crippen molar-refractivity contribution in [3.8, 4) is 11.3 Å². The molecule has 0 saturated carbocycles. The Bertz CT molecular complexity index is 1390. The number of fused-ring (bicyclic) bond motifs is 3. The van der Waals surface area contributed by atoms with E-state index in [4.69, 9.17) is 16.5 Å². The molecular weight excluding hydrogens is 332 g/mol. The van der Waals surface area contributed by atoms with Gasteiger partial charge in [-0.15, -0.1) is 0 Å². The third-order valence-electron chi connectivity index (χ3n) is 5.10. The molecule has 1 atom stereocenters. The number of aromatic nitrogens is 1. The first kappa shape index (κ1) is 13.1. The molecule has 3 heteroatoms. The van der Waals surface area contributed by atoms with E-state index in [1.165, 1.54) is 6.92 Å². The average Bonchev–Trinajstić information content (AvgIpc) is 3.04. The Balaban J connectivity index is 2.23. The van der Waals surface area contributed by atoms with Gasteiger partial charge in [-0.25, -0.2) is 9.41 Å². The summed E-state index contributed by atoms with van der Waals surface area (Å²) in [6.45, 7) is 10.2. The van der Waals surface area contributed by atoms with Gasteiger partial charge in [0.1, 0.15) is 18.2 Å². The molecule has 4 rings (SSSR count). The van der Waals surface area contributed by atoms with Gasteiger partial charge < -0.3 is 4.42 Å². The fourth-order valence-electron chi connectivity index (χ4n) is 3.79. The third kappa shape index (κ3) is 2.52. The first-order valence-corrected chi connectivity index (χ1v) is 8.81. The first-order chi connectivity index (χ1) is 14.5. The van der Waals surface area contributed by atoms with Gasteiger partial charge in [0, 0.05) is 34.0 Å². The summed E-state index contributed by atoms with van der Waals surface area (Å²) in [5.41, 5.74) is 4.73. The van der Waals surface area contributed by atoms with Crippen molar-refractivity contribution in [2.24, 2.45) is 7.05 Å². The van der Waals surface area contributed by atoms with Gasteiger partial charge in [0.2, 0.25) is 5.69 Å². The van der Waals surface area contributed by atoms with Crippen LogP contribution in [0.3, 0.4) is 0 Å². The second-order valence-electron chi connectivity index (χ2n) is 6.96. The standard InChI is InChI=1S/C24H23N2O/c1-14(2)20-22(25-5)16(4)13-18-17-11-10-15(3)21(23(17)27-24(18)20)19-9-7-8-12-26(19)6/h7-14H,1-4,6H3/q+1/i1D3,14D. The topological polar surface area (TPSA) is 21.4 Å². The van der Waals surface area contributed by atoms with E-state index in [9.17, 15) is 0 Å². The van der Waals surface area contributed by atoms with Crippen molar-refractivity contribution in [1.82, 2.24) is 0 Å². The molecule has 0 saturated heterocycles. The summed E-state index contributed by atoms with van der Waals surface area (Å²) in [7, 11) is 1.96. The summed E-state index contributed by atoms with van der Waals surface area (Å²) >= 11 is 0. The molecule has 4 aromatic rings. The van der Waals surface area contributed by atoms with Crippen LogP contribution in [0.2, 0.25) is 0 Å². The van der Waals surface area contributed by atoms with Crippen LogP contribution in [0, 0.1) is 20.4 Å². The molecule has 0 N–H and O–H groups in total. The molecule has 0 bridgehead atoms. The Morgan fingerprint density at radius 2 is 1.96 bits per heavy atom. The zero-order chi connectivity index (χ0) is 22.7. The molecule has 27 heavy (non-hydrogen) atoms. The second-order valence-corrected chi connectivity index (χ2v) is 6.96. The minimum absolute atomic E-state index is 0.120. The van der Waals surface area contributed by atoms with Crippen molar-refractivity contribution < 1.29 is 14.5 Å². The summed E-state index contributed by atoms with van der Waals surface area (Å²) in [6.07, 6.45) is 1.96. The lowest BCUT2D eigenvalue weighted by atomic mass is 9.94. The minimum atomic E-state index is -2.63. The van der Waals surface area contributed by atoms with E-state index < -0.39 is 12.7 Å². The monoisotopic (exact) mass is 359 g/mol. The lowest BCUT2D eigenvalue weighted by molar-refractivity contribution is -0.660. The molecule has 2 aromatic heterocycles. The van der Waals surface area contributed by atoms with Crippen molar-refractivity contribution in [2.75, 3.05) is 0 Å². The van der Waals surface area contributed by atoms with Gasteiger partial charge in [-0.3, -0.25) is 0 Å². The van der Waals surface area contributed by atoms with E-state index in [0.717, 1.165) is 27.6 Å². The SMILES string of the molecule is [2H]C([2H])([2H])C([2H])(C)c1c([N+]#[C-])c(C)cc2c1oc1c(-c3cccc[n+]3C)c(C)ccc12. The molecule has 2 aromatic carbocycles. The molecule has 0 spiro atoms. The number of aryl methyl sites for hydroxylation is 3. The molecule has 0 amide bonds. The summed E-state index contributed by atoms with van der Waals surface area (Å²) in [5.74, 6) is -2.00. The molecule has 0 fully saturated rings. The third-order valence-corrected chi connectivity index (χ3v) is 5.10. The molecule has 134 valence electrons. The molecule has 0 aliphatic carbocycles. The number of benzene rings is 2. The van der Waals surface area contributed by atoms with Crippen LogP contribution in [-0.2, 0) is 7.05 Å². The number of hydrogen-bond acceptors (Lipinski definition) is 1. The van der Waals surface area contributed by atoms with Crippen molar-refractivity contribution in [3.05, 3.63) is 70.7 Å². The smallest absolute Gasteiger partial charge is 0.216 e. The fourth-order valence-corrected chi connectivity index (χ4v) is 3.79. The Morgan fingerprint density at radius 1 is 1.15 bits per heavy atom. The maximum atomic E-state index is 8.74. The zero-order valence-corrected chi connectivity index (χ0v) is 15.8. The van der Waals surface area contributed by atoms with E-state index in [1.54, 1.807) is 6.92 Å². The van der Waals surface area contributed by atoms with Gasteiger partial charge in [0.15, 0.2) is 11.9 Å². The van der Waals surface area contributed by atoms with Gasteiger partial charge >= 0.3 is 0 Å². The summed E-state index contributed by atoms with van der Waals surface area (Å²) in [4.78, 5) is 3.60. The number of rotatable bonds is 2. The van der Waals surface area contributed by atoms with Crippen molar-refractivity contribution in [1.29, 1.82) is 0 Å². The minimum Gasteiger partial charge on any atom is -0.456 e. The predicted octanol–water partition coefficient (Wildman–Crippen LogP) is 6.37. The maximum Gasteiger partial charge on any atom is 0.216 e. The van der Waals surface area contributed by atoms with Gasteiger partial charge in [-0.1, -0.05) is 32.0 Å². The van der Waals surface area contributed by atoms with E-state index in [2.05, 4.69) is 4.85 Å². The molecular formula is C24H23N2O+. The van der Waals surface area contributed by atoms with Crippen LogP contribution in [0.5, 0.6) is 0 Å². The summed E-state index contributed by atoms with van der Waals surface area (Å²) < 4.78 is 41.0. The van der Waals surface area contributed by atoms with Crippen LogP contribution < -0.4 is 4.57 Å². The van der Waals surface area contributed by atoms with Gasteiger partial charge in [-0.2, -0.15) is 0 Å². The molecule has 3 nitrogen and oxygen atoms in total. The van der Waals surface area contributed by atoms with Crippen LogP contribution >= 0.6 is 0 Å². The van der Waals surface area contributed by atoms with Crippen LogP contribution in [0.1, 0.15) is 41.8 Å². The lowest BCUT2D eigenvalue weighted by Gasteiger charge is -2.11. The summed E-state index contributed by atoms with van der Waals surface area (Å²) in [6, 6.07) is 11.7. The number of nitrogens with zero attached hydrogens (tertiary/aromatic N) is 2. The van der Waals surface area contributed by atoms with Crippen LogP contribution in [0.15, 0.2) is 47.0 Å². The number of pyridine rings is 1. The van der Waals surface area contributed by atoms with E-state index in [-0.39, 0.29) is 11.3 Å². The Kier molecular flexibility index (Phi) is 3.03. The van der Waals surface area contributed by atoms with Gasteiger partial charge in [0.05, 0.1) is 12.1 Å². The quantitative estimate of drug-likeness (QED) is 0.301. The molecule has 0 radical (unpaired) electrons. The Hall–Kier alpha value is -3.12. The number of hydrogen-bond donors (Lipinski definition) is 0. The van der Waals surface area contributed by atoms with Gasteiger partial charge in [-0.05, 0) is 36.9 Å². The molecule has 0 aliphatic rings. The number of furan rings is 1. The van der Waals surface area contributed by atoms with Crippen molar-refractivity contribution in [3.63, 3.8) is 0 Å². The Morgan fingerprint density at radius 3 is 2.67 bits per heavy atom. The van der Waals surface area contributed by atoms with Crippen LogP contribution in [0.25, 0.3) is 38.0 Å². The maximum absolute atomic E-state index is 8.74. The van der Waals surface area contributed by atoms with Crippen molar-refractivity contribution >= 4 is 27.6 Å². The van der Waals surface area contributed by atoms with Crippen LogP contribution in [0.4, 0.5) is 5.69 Å². The van der Waals surface area contributed by atoms with Gasteiger partial charge in [0.25, 0.3) is 0 Å². The fraction of sp³-hybridized carbons (Fsp3) is 0.250. The highest BCUT2D eigenvalue weighted by atomic mass is 16.3. The highest BCUT2D eigenvalue weighted by Crippen LogP contribution is 2.44. The van der Waals surface area contributed by atoms with Crippen LogP contribution in [-0.4, -0.2) is 0 Å². The molecule has 2 heterocycles.